The van der Waals surface area contributed by atoms with Crippen LogP contribution in [-0.4, -0.2) is 4.98 Å². The van der Waals surface area contributed by atoms with Crippen molar-refractivity contribution in [2.24, 2.45) is 0 Å². The van der Waals surface area contributed by atoms with Crippen LogP contribution in [0.15, 0.2) is 22.6 Å². The van der Waals surface area contributed by atoms with Crippen molar-refractivity contribution in [1.29, 1.82) is 0 Å². The molecule has 1 aliphatic rings. The van der Waals surface area contributed by atoms with E-state index in [2.05, 4.69) is 18.0 Å². The smallest absolute Gasteiger partial charge is 0.230 e. The minimum Gasteiger partial charge on any atom is -0.436 e. The third kappa shape index (κ3) is 1.75. The molecule has 2 N–H and O–H groups in total. The topological polar surface area (TPSA) is 52.0 Å². The summed E-state index contributed by atoms with van der Waals surface area (Å²) < 4.78 is 5.93. The molecule has 0 spiro atoms. The van der Waals surface area contributed by atoms with Gasteiger partial charge in [-0.15, -0.1) is 11.3 Å². The lowest BCUT2D eigenvalue weighted by Crippen LogP contribution is -1.99. The van der Waals surface area contributed by atoms with Gasteiger partial charge in [0, 0.05) is 4.88 Å². The van der Waals surface area contributed by atoms with E-state index in [0.717, 1.165) is 34.5 Å². The van der Waals surface area contributed by atoms with Gasteiger partial charge in [-0.05, 0) is 55.9 Å². The molecule has 0 bridgehead atoms. The van der Waals surface area contributed by atoms with E-state index in [-0.39, 0.29) is 0 Å². The molecule has 102 valence electrons. The summed E-state index contributed by atoms with van der Waals surface area (Å²) in [5.74, 6) is 0.683. The van der Waals surface area contributed by atoms with Crippen molar-refractivity contribution >= 4 is 27.4 Å². The van der Waals surface area contributed by atoms with Crippen molar-refractivity contribution in [3.05, 3.63) is 34.2 Å². The Hall–Kier alpha value is -1.81. The van der Waals surface area contributed by atoms with Crippen LogP contribution >= 0.6 is 11.3 Å². The number of benzene rings is 1. The van der Waals surface area contributed by atoms with Gasteiger partial charge in [0.1, 0.15) is 5.52 Å². The van der Waals surface area contributed by atoms with E-state index in [1.165, 1.54) is 28.8 Å². The highest BCUT2D eigenvalue weighted by molar-refractivity contribution is 7.16. The first-order valence-electron chi connectivity index (χ1n) is 7.00. The highest BCUT2D eigenvalue weighted by atomic mass is 32.1. The molecule has 0 radical (unpaired) electrons. The van der Waals surface area contributed by atoms with Crippen LogP contribution < -0.4 is 5.73 Å². The second-order valence-electron chi connectivity index (χ2n) is 5.44. The molecule has 3 nitrogen and oxygen atoms in total. The minimum absolute atomic E-state index is 0.683. The fraction of sp³-hybridized carbons (Fsp3) is 0.312. The number of nitrogens with two attached hydrogens (primary N) is 1. The van der Waals surface area contributed by atoms with Gasteiger partial charge >= 0.3 is 0 Å². The van der Waals surface area contributed by atoms with E-state index in [9.17, 15) is 0 Å². The van der Waals surface area contributed by atoms with Crippen LogP contribution in [0.3, 0.4) is 0 Å². The molecule has 20 heavy (non-hydrogen) atoms. The van der Waals surface area contributed by atoms with Gasteiger partial charge in [-0.3, -0.25) is 0 Å². The summed E-state index contributed by atoms with van der Waals surface area (Å²) in [6.45, 7) is 2.06. The van der Waals surface area contributed by atoms with Crippen LogP contribution in [0.25, 0.3) is 22.6 Å². The van der Waals surface area contributed by atoms with Gasteiger partial charge in [0.25, 0.3) is 0 Å². The van der Waals surface area contributed by atoms with Gasteiger partial charge < -0.3 is 10.2 Å². The molecule has 0 saturated heterocycles. The monoisotopic (exact) mass is 284 g/mol. The Morgan fingerprint density at radius 3 is 3.00 bits per heavy atom. The molecule has 4 heteroatoms. The fourth-order valence-electron chi connectivity index (χ4n) is 2.97. The number of aromatic nitrogens is 1. The average Bonchev–Trinajstić information content (AvgIpc) is 2.97. The summed E-state index contributed by atoms with van der Waals surface area (Å²) in [6, 6.07) is 6.08. The van der Waals surface area contributed by atoms with E-state index < -0.39 is 0 Å². The first kappa shape index (κ1) is 12.0. The molecule has 1 aromatic carbocycles. The lowest BCUT2D eigenvalue weighted by molar-refractivity contribution is 0.617. The molecular weight excluding hydrogens is 268 g/mol. The number of fused-ring (bicyclic) bond motifs is 2. The van der Waals surface area contributed by atoms with Crippen molar-refractivity contribution in [2.75, 3.05) is 5.73 Å². The van der Waals surface area contributed by atoms with E-state index in [0.29, 0.717) is 5.89 Å². The number of hydrogen-bond donors (Lipinski definition) is 1. The van der Waals surface area contributed by atoms with Gasteiger partial charge in [-0.2, -0.15) is 0 Å². The number of aryl methyl sites for hydroxylation is 2. The standard InChI is InChI=1S/C16H16N2OS/c1-9-6-7-12-11(8-9)18-16(19-12)14-10-4-2-3-5-13(10)20-15(14)17/h6-8H,2-5,17H2,1H3. The zero-order valence-corrected chi connectivity index (χ0v) is 12.2. The van der Waals surface area contributed by atoms with Crippen molar-refractivity contribution in [3.8, 4) is 11.5 Å². The second-order valence-corrected chi connectivity index (χ2v) is 6.58. The summed E-state index contributed by atoms with van der Waals surface area (Å²) >= 11 is 1.70. The third-order valence-electron chi connectivity index (χ3n) is 3.96. The van der Waals surface area contributed by atoms with Crippen molar-refractivity contribution < 1.29 is 4.42 Å². The lowest BCUT2D eigenvalue weighted by atomic mass is 9.95. The van der Waals surface area contributed by atoms with E-state index in [1.807, 2.05) is 12.1 Å². The van der Waals surface area contributed by atoms with Gasteiger partial charge in [0.05, 0.1) is 10.6 Å². The van der Waals surface area contributed by atoms with Crippen LogP contribution in [0.5, 0.6) is 0 Å². The summed E-state index contributed by atoms with van der Waals surface area (Å²) in [6.07, 6.45) is 4.73. The maximum Gasteiger partial charge on any atom is 0.230 e. The van der Waals surface area contributed by atoms with Crippen molar-refractivity contribution in [3.63, 3.8) is 0 Å². The molecular formula is C16H16N2OS. The predicted octanol–water partition coefficient (Wildman–Crippen LogP) is 4.33. The molecule has 4 rings (SSSR count). The highest BCUT2D eigenvalue weighted by Gasteiger charge is 2.23. The molecule has 3 aromatic rings. The quantitative estimate of drug-likeness (QED) is 0.723. The number of thiophene rings is 1. The Morgan fingerprint density at radius 1 is 1.25 bits per heavy atom. The zero-order valence-electron chi connectivity index (χ0n) is 11.4. The predicted molar refractivity (Wildman–Crippen MR) is 83.1 cm³/mol. The maximum atomic E-state index is 6.22. The molecule has 2 aromatic heterocycles. The van der Waals surface area contributed by atoms with Crippen LogP contribution in [-0.2, 0) is 12.8 Å². The van der Waals surface area contributed by atoms with Gasteiger partial charge in [0.2, 0.25) is 5.89 Å². The van der Waals surface area contributed by atoms with Crippen LogP contribution in [0, 0.1) is 6.92 Å². The third-order valence-corrected chi connectivity index (χ3v) is 5.08. The van der Waals surface area contributed by atoms with Gasteiger partial charge in [-0.25, -0.2) is 4.98 Å². The van der Waals surface area contributed by atoms with Gasteiger partial charge in [0.15, 0.2) is 5.58 Å². The second kappa shape index (κ2) is 4.35. The minimum atomic E-state index is 0.683. The Kier molecular flexibility index (Phi) is 2.60. The summed E-state index contributed by atoms with van der Waals surface area (Å²) in [4.78, 5) is 6.06. The Morgan fingerprint density at radius 2 is 2.10 bits per heavy atom. The number of anilines is 1. The first-order chi connectivity index (χ1) is 9.72. The Balaban J connectivity index is 1.92. The molecule has 0 aliphatic heterocycles. The Bertz CT molecular complexity index is 800. The van der Waals surface area contributed by atoms with Crippen LogP contribution in [0.4, 0.5) is 5.00 Å². The SMILES string of the molecule is Cc1ccc2oc(-c3c(N)sc4c3CCCC4)nc2c1. The normalized spacial score (nSPS) is 14.7. The molecule has 0 saturated carbocycles. The number of rotatable bonds is 1. The number of nitrogen functional groups attached to an aromatic ring is 1. The molecule has 2 heterocycles. The summed E-state index contributed by atoms with van der Waals surface area (Å²) in [7, 11) is 0. The van der Waals surface area contributed by atoms with Crippen LogP contribution in [0.1, 0.15) is 28.8 Å². The first-order valence-corrected chi connectivity index (χ1v) is 7.81. The fourth-order valence-corrected chi connectivity index (χ4v) is 4.12. The number of hydrogen-bond acceptors (Lipinski definition) is 4. The number of oxazole rings is 1. The largest absolute Gasteiger partial charge is 0.436 e. The van der Waals surface area contributed by atoms with E-state index >= 15 is 0 Å². The molecule has 0 fully saturated rings. The molecule has 0 unspecified atom stereocenters. The van der Waals surface area contributed by atoms with Gasteiger partial charge in [-0.1, -0.05) is 6.07 Å². The average molecular weight is 284 g/mol. The molecule has 0 amide bonds. The molecule has 0 atom stereocenters. The van der Waals surface area contributed by atoms with Crippen LogP contribution in [0.2, 0.25) is 0 Å². The Labute approximate surface area is 121 Å². The maximum absolute atomic E-state index is 6.22. The van der Waals surface area contributed by atoms with E-state index in [4.69, 9.17) is 10.2 Å². The van der Waals surface area contributed by atoms with E-state index in [1.54, 1.807) is 11.3 Å². The summed E-state index contributed by atoms with van der Waals surface area (Å²) in [5.41, 5.74) is 11.6. The number of nitrogens with zero attached hydrogens (tertiary/aromatic N) is 1. The lowest BCUT2D eigenvalue weighted by Gasteiger charge is -2.10. The summed E-state index contributed by atoms with van der Waals surface area (Å²) in [5, 5.41) is 0.847. The van der Waals surface area contributed by atoms with Crippen molar-refractivity contribution in [1.82, 2.24) is 4.98 Å². The molecule has 1 aliphatic carbocycles. The van der Waals surface area contributed by atoms with Crippen molar-refractivity contribution in [2.45, 2.75) is 32.6 Å². The highest BCUT2D eigenvalue weighted by Crippen LogP contribution is 2.42. The zero-order chi connectivity index (χ0) is 13.7.